The van der Waals surface area contributed by atoms with Gasteiger partial charge in [0.2, 0.25) is 6.41 Å². The van der Waals surface area contributed by atoms with Crippen molar-refractivity contribution in [3.8, 4) is 0 Å². The summed E-state index contributed by atoms with van der Waals surface area (Å²) in [6.45, 7) is 14.1. The molecule has 0 saturated heterocycles. The van der Waals surface area contributed by atoms with E-state index in [0.717, 1.165) is 16.0 Å². The van der Waals surface area contributed by atoms with Crippen LogP contribution >= 0.6 is 0 Å². The lowest BCUT2D eigenvalue weighted by atomic mass is 10.1. The second-order valence-electron chi connectivity index (χ2n) is 8.04. The fraction of sp³-hybridized carbons (Fsp3) is 0.303. The van der Waals surface area contributed by atoms with Crippen LogP contribution in [0.1, 0.15) is 53.0 Å². The normalized spacial score (nSPS) is 12.4. The molecule has 0 aliphatic heterocycles. The molecule has 0 spiro atoms. The molecular weight excluding hydrogens is 472 g/mol. The Morgan fingerprint density at radius 3 is 1.95 bits per heavy atom. The molecule has 5 nitrogen and oxygen atoms in total. The summed E-state index contributed by atoms with van der Waals surface area (Å²) in [7, 11) is 1.67. The van der Waals surface area contributed by atoms with E-state index in [1.54, 1.807) is 19.2 Å². The van der Waals surface area contributed by atoms with Gasteiger partial charge in [0.1, 0.15) is 5.57 Å². The first kappa shape index (κ1) is 34.0. The number of amides is 3. The fourth-order valence-corrected chi connectivity index (χ4v) is 3.39. The molecule has 0 heterocycles. The maximum Gasteiger partial charge on any atom is 0.265 e. The molecule has 0 atom stereocenters. The van der Waals surface area contributed by atoms with E-state index in [0.29, 0.717) is 31.4 Å². The molecule has 0 fully saturated rings. The van der Waals surface area contributed by atoms with Crippen molar-refractivity contribution in [2.24, 2.45) is 0 Å². The molecule has 5 heteroatoms. The molecule has 3 amide bonds. The molecule has 0 unspecified atom stereocenters. The van der Waals surface area contributed by atoms with Crippen molar-refractivity contribution >= 4 is 24.3 Å². The quantitative estimate of drug-likeness (QED) is 0.0872. The van der Waals surface area contributed by atoms with E-state index >= 15 is 0 Å². The van der Waals surface area contributed by atoms with Crippen LogP contribution in [-0.4, -0.2) is 48.2 Å². The molecule has 1 rings (SSSR count). The summed E-state index contributed by atoms with van der Waals surface area (Å²) in [5.41, 5.74) is 2.64. The molecule has 0 aliphatic rings. The zero-order chi connectivity index (χ0) is 28.8. The highest BCUT2D eigenvalue weighted by molar-refractivity contribution is 6.23. The van der Waals surface area contributed by atoms with Crippen LogP contribution < -0.4 is 0 Å². The minimum absolute atomic E-state index is 0.0545. The lowest BCUT2D eigenvalue weighted by Gasteiger charge is -2.22. The molecule has 0 N–H and O–H groups in total. The first-order valence-electron chi connectivity index (χ1n) is 13.1. The van der Waals surface area contributed by atoms with E-state index in [1.165, 1.54) is 4.90 Å². The first-order valence-corrected chi connectivity index (χ1v) is 13.1. The van der Waals surface area contributed by atoms with Crippen molar-refractivity contribution in [3.63, 3.8) is 0 Å². The molecule has 0 saturated carbocycles. The maximum atomic E-state index is 13.4. The predicted molar refractivity (Wildman–Crippen MR) is 161 cm³/mol. The minimum Gasteiger partial charge on any atom is -0.341 e. The Hall–Kier alpha value is -3.99. The minimum atomic E-state index is -0.623. The van der Waals surface area contributed by atoms with Crippen molar-refractivity contribution in [3.05, 3.63) is 114 Å². The molecule has 0 radical (unpaired) electrons. The summed E-state index contributed by atoms with van der Waals surface area (Å²) in [5.74, 6) is -1.06. The first-order chi connectivity index (χ1) is 18.4. The third-order valence-electron chi connectivity index (χ3n) is 5.28. The Labute approximate surface area is 229 Å². The van der Waals surface area contributed by atoms with Gasteiger partial charge in [-0.05, 0) is 56.4 Å². The lowest BCUT2D eigenvalue weighted by Crippen LogP contribution is -2.39. The molecule has 204 valence electrons. The number of allylic oxidation sites excluding steroid dienone is 9. The van der Waals surface area contributed by atoms with Crippen molar-refractivity contribution in [1.29, 1.82) is 0 Å². The predicted octanol–water partition coefficient (Wildman–Crippen LogP) is 7.09. The number of carbonyl (C=O) groups excluding carboxylic acids is 3. The van der Waals surface area contributed by atoms with Crippen LogP contribution in [0.3, 0.4) is 0 Å². The van der Waals surface area contributed by atoms with Crippen LogP contribution in [-0.2, 0) is 14.4 Å². The number of benzene rings is 1. The monoisotopic (exact) mass is 516 g/mol. The summed E-state index contributed by atoms with van der Waals surface area (Å²) in [6, 6.07) is 9.15. The average Bonchev–Trinajstić information content (AvgIpc) is 2.94. The van der Waals surface area contributed by atoms with Crippen molar-refractivity contribution in [1.82, 2.24) is 9.80 Å². The Balaban J connectivity index is 0.00000667. The van der Waals surface area contributed by atoms with E-state index < -0.39 is 11.8 Å². The van der Waals surface area contributed by atoms with E-state index in [4.69, 9.17) is 0 Å². The summed E-state index contributed by atoms with van der Waals surface area (Å²) in [4.78, 5) is 41.3. The molecule has 38 heavy (non-hydrogen) atoms. The van der Waals surface area contributed by atoms with Gasteiger partial charge in [-0.25, -0.2) is 0 Å². The maximum absolute atomic E-state index is 13.4. The van der Waals surface area contributed by atoms with Gasteiger partial charge in [0, 0.05) is 20.1 Å². The zero-order valence-electron chi connectivity index (χ0n) is 23.9. The van der Waals surface area contributed by atoms with Gasteiger partial charge in [-0.1, -0.05) is 105 Å². The number of nitrogens with zero attached hydrogens (tertiary/aromatic N) is 2. The molecule has 1 aromatic rings. The number of likely N-dealkylation sites (N-methyl/N-ethyl adjacent to an activating group) is 1. The smallest absolute Gasteiger partial charge is 0.265 e. The van der Waals surface area contributed by atoms with Crippen LogP contribution in [0.4, 0.5) is 0 Å². The molecule has 0 aliphatic carbocycles. The summed E-state index contributed by atoms with van der Waals surface area (Å²) >= 11 is 0. The SMILES string of the molecule is C=C/C=C(\C=C/C)CCN(C=O)C(=O)/C(=C\c1ccccc1)C(=O)N(C)CCC(/C=C\C)=C/C=C\C.CC. The fourth-order valence-electron chi connectivity index (χ4n) is 3.39. The van der Waals surface area contributed by atoms with Gasteiger partial charge in [-0.15, -0.1) is 0 Å². The second kappa shape index (κ2) is 21.1. The summed E-state index contributed by atoms with van der Waals surface area (Å²) in [6.07, 6.45) is 20.2. The zero-order valence-corrected chi connectivity index (χ0v) is 23.9. The van der Waals surface area contributed by atoms with Gasteiger partial charge < -0.3 is 4.90 Å². The van der Waals surface area contributed by atoms with Crippen LogP contribution in [0.25, 0.3) is 6.08 Å². The summed E-state index contributed by atoms with van der Waals surface area (Å²) < 4.78 is 0. The van der Waals surface area contributed by atoms with E-state index in [1.807, 2.05) is 114 Å². The third kappa shape index (κ3) is 12.8. The summed E-state index contributed by atoms with van der Waals surface area (Å²) in [5, 5.41) is 0. The Morgan fingerprint density at radius 1 is 0.842 bits per heavy atom. The number of carbonyl (C=O) groups is 3. The average molecular weight is 517 g/mol. The highest BCUT2D eigenvalue weighted by Gasteiger charge is 2.26. The van der Waals surface area contributed by atoms with Crippen LogP contribution in [0.5, 0.6) is 0 Å². The highest BCUT2D eigenvalue weighted by Crippen LogP contribution is 2.15. The van der Waals surface area contributed by atoms with Crippen molar-refractivity contribution < 1.29 is 14.4 Å². The Kier molecular flexibility index (Phi) is 18.9. The van der Waals surface area contributed by atoms with Crippen LogP contribution in [0.15, 0.2) is 108 Å². The molecular formula is C33H44N2O3. The van der Waals surface area contributed by atoms with Gasteiger partial charge in [0.15, 0.2) is 0 Å². The highest BCUT2D eigenvalue weighted by atomic mass is 16.2. The van der Waals surface area contributed by atoms with Gasteiger partial charge in [-0.2, -0.15) is 0 Å². The van der Waals surface area contributed by atoms with Gasteiger partial charge in [-0.3, -0.25) is 19.3 Å². The lowest BCUT2D eigenvalue weighted by molar-refractivity contribution is -0.137. The standard InChI is InChI=1S/C31H38N2O3.C2H6/c1-6-10-17-27(16-9-4)20-22-32(5)30(35)29(24-28-18-12-11-13-19-28)31(36)33(25-34)23-21-26(14-7-2)15-8-3;1-2/h6-19,24-25H,2,20-23H2,1,3-5H3;1-2H3/b10-6-,15-8-,16-9-,26-14+,27-17+,29-24-;. The number of rotatable bonds is 14. The second-order valence-corrected chi connectivity index (χ2v) is 8.04. The molecule has 0 bridgehead atoms. The van der Waals surface area contributed by atoms with Gasteiger partial charge in [0.25, 0.3) is 11.8 Å². The Morgan fingerprint density at radius 2 is 1.42 bits per heavy atom. The van der Waals surface area contributed by atoms with Gasteiger partial charge >= 0.3 is 0 Å². The van der Waals surface area contributed by atoms with Crippen molar-refractivity contribution in [2.45, 2.75) is 47.5 Å². The largest absolute Gasteiger partial charge is 0.341 e. The van der Waals surface area contributed by atoms with Crippen molar-refractivity contribution in [2.75, 3.05) is 20.1 Å². The van der Waals surface area contributed by atoms with E-state index in [2.05, 4.69) is 6.58 Å². The number of imide groups is 1. The number of hydrogen-bond donors (Lipinski definition) is 0. The molecule has 1 aromatic carbocycles. The topological polar surface area (TPSA) is 57.7 Å². The van der Waals surface area contributed by atoms with E-state index in [9.17, 15) is 14.4 Å². The third-order valence-corrected chi connectivity index (χ3v) is 5.28. The number of hydrogen-bond acceptors (Lipinski definition) is 3. The van der Waals surface area contributed by atoms with Gasteiger partial charge in [0.05, 0.1) is 0 Å². The Bertz CT molecular complexity index is 1060. The molecule has 0 aromatic heterocycles. The van der Waals surface area contributed by atoms with E-state index in [-0.39, 0.29) is 12.1 Å². The van der Waals surface area contributed by atoms with Crippen LogP contribution in [0.2, 0.25) is 0 Å². The van der Waals surface area contributed by atoms with Crippen LogP contribution in [0, 0.1) is 0 Å².